The van der Waals surface area contributed by atoms with E-state index in [0.717, 1.165) is 0 Å². The van der Waals surface area contributed by atoms with E-state index in [1.165, 1.54) is 6.07 Å². The van der Waals surface area contributed by atoms with Crippen LogP contribution in [-0.4, -0.2) is 9.55 Å². The Labute approximate surface area is 126 Å². The number of aromatic nitrogens is 2. The van der Waals surface area contributed by atoms with Crippen LogP contribution in [0.25, 0.3) is 16.7 Å². The van der Waals surface area contributed by atoms with Gasteiger partial charge in [0.2, 0.25) is 0 Å². The molecule has 1 heterocycles. The number of hydrogen-bond donors (Lipinski definition) is 0. The average molecular weight is 300 g/mol. The fourth-order valence-electron chi connectivity index (χ4n) is 2.36. The second-order valence-electron chi connectivity index (χ2n) is 4.66. The summed E-state index contributed by atoms with van der Waals surface area (Å²) in [5.41, 5.74) is 2.02. The third kappa shape index (κ3) is 2.16. The second kappa shape index (κ2) is 5.19. The minimum Gasteiger partial charge on any atom is -0.292 e. The van der Waals surface area contributed by atoms with Gasteiger partial charge in [-0.2, -0.15) is 5.26 Å². The van der Waals surface area contributed by atoms with Gasteiger partial charge in [0, 0.05) is 0 Å². The monoisotopic (exact) mass is 299 g/mol. The Morgan fingerprint density at radius 3 is 2.67 bits per heavy atom. The van der Waals surface area contributed by atoms with Crippen molar-refractivity contribution in [1.82, 2.24) is 9.55 Å². The molecule has 0 fully saturated rings. The summed E-state index contributed by atoms with van der Waals surface area (Å²) in [4.78, 5) is 4.44. The van der Waals surface area contributed by atoms with Gasteiger partial charge in [-0.15, -0.1) is 11.6 Å². The van der Waals surface area contributed by atoms with Crippen molar-refractivity contribution in [3.05, 3.63) is 59.7 Å². The number of fused-ring (bicyclic) bond motifs is 1. The summed E-state index contributed by atoms with van der Waals surface area (Å²) in [6, 6.07) is 13.8. The lowest BCUT2D eigenvalue weighted by atomic mass is 10.2. The maximum atomic E-state index is 14.1. The SMILES string of the molecule is CC(Cl)c1nc2c(C#N)cccc2n1-c1ccccc1F. The van der Waals surface area contributed by atoms with Gasteiger partial charge < -0.3 is 0 Å². The van der Waals surface area contributed by atoms with E-state index in [0.29, 0.717) is 28.1 Å². The normalized spacial score (nSPS) is 12.3. The van der Waals surface area contributed by atoms with E-state index in [4.69, 9.17) is 11.6 Å². The van der Waals surface area contributed by atoms with Gasteiger partial charge >= 0.3 is 0 Å². The lowest BCUT2D eigenvalue weighted by molar-refractivity contribution is 0.616. The highest BCUT2D eigenvalue weighted by Gasteiger charge is 2.19. The van der Waals surface area contributed by atoms with Gasteiger partial charge in [0.15, 0.2) is 0 Å². The minimum atomic E-state index is -0.413. The molecule has 0 aliphatic heterocycles. The molecule has 0 bridgehead atoms. The van der Waals surface area contributed by atoms with Crippen LogP contribution in [0.5, 0.6) is 0 Å². The van der Waals surface area contributed by atoms with Crippen LogP contribution in [-0.2, 0) is 0 Å². The Bertz CT molecular complexity index is 862. The number of benzene rings is 2. The molecule has 5 heteroatoms. The fraction of sp³-hybridized carbons (Fsp3) is 0.125. The van der Waals surface area contributed by atoms with Crippen molar-refractivity contribution in [2.24, 2.45) is 0 Å². The van der Waals surface area contributed by atoms with Crippen LogP contribution in [0.1, 0.15) is 23.7 Å². The fourth-order valence-corrected chi connectivity index (χ4v) is 2.51. The molecule has 0 aliphatic carbocycles. The number of rotatable bonds is 2. The van der Waals surface area contributed by atoms with Crippen LogP contribution in [0, 0.1) is 17.1 Å². The first-order valence-corrected chi connectivity index (χ1v) is 6.87. The van der Waals surface area contributed by atoms with E-state index in [2.05, 4.69) is 11.1 Å². The predicted molar refractivity (Wildman–Crippen MR) is 80.0 cm³/mol. The van der Waals surface area contributed by atoms with E-state index >= 15 is 0 Å². The lowest BCUT2D eigenvalue weighted by Gasteiger charge is -2.11. The van der Waals surface area contributed by atoms with Crippen LogP contribution in [0.2, 0.25) is 0 Å². The Balaban J connectivity index is 2.44. The number of imidazole rings is 1. The molecule has 3 aromatic rings. The molecule has 0 saturated carbocycles. The molecule has 3 nitrogen and oxygen atoms in total. The molecule has 1 atom stereocenters. The summed E-state index contributed by atoms with van der Waals surface area (Å²) in [5.74, 6) is 0.150. The van der Waals surface area contributed by atoms with Crippen molar-refractivity contribution in [1.29, 1.82) is 5.26 Å². The van der Waals surface area contributed by atoms with Crippen molar-refractivity contribution in [2.45, 2.75) is 12.3 Å². The highest BCUT2D eigenvalue weighted by molar-refractivity contribution is 6.20. The van der Waals surface area contributed by atoms with Gasteiger partial charge in [-0.05, 0) is 31.2 Å². The van der Waals surface area contributed by atoms with Gasteiger partial charge in [-0.3, -0.25) is 4.57 Å². The first-order valence-electron chi connectivity index (χ1n) is 6.44. The van der Waals surface area contributed by atoms with Crippen molar-refractivity contribution in [2.75, 3.05) is 0 Å². The molecule has 104 valence electrons. The van der Waals surface area contributed by atoms with Gasteiger partial charge in [-0.25, -0.2) is 9.37 Å². The van der Waals surface area contributed by atoms with E-state index in [1.54, 1.807) is 47.9 Å². The number of nitriles is 1. The van der Waals surface area contributed by atoms with Gasteiger partial charge in [0.25, 0.3) is 0 Å². The number of alkyl halides is 1. The van der Waals surface area contributed by atoms with Gasteiger partial charge in [0.1, 0.15) is 23.2 Å². The van der Waals surface area contributed by atoms with E-state index in [1.807, 2.05) is 0 Å². The molecule has 2 aromatic carbocycles. The molecular weight excluding hydrogens is 289 g/mol. The summed E-state index contributed by atoms with van der Waals surface area (Å²) < 4.78 is 15.8. The zero-order valence-corrected chi connectivity index (χ0v) is 12.0. The molecule has 0 radical (unpaired) electrons. The summed E-state index contributed by atoms with van der Waals surface area (Å²) in [5, 5.41) is 8.78. The van der Waals surface area contributed by atoms with Crippen LogP contribution in [0.15, 0.2) is 42.5 Å². The zero-order valence-electron chi connectivity index (χ0n) is 11.2. The summed E-state index contributed by atoms with van der Waals surface area (Å²) >= 11 is 6.19. The number of hydrogen-bond acceptors (Lipinski definition) is 2. The molecular formula is C16H11ClFN3. The summed E-state index contributed by atoms with van der Waals surface area (Å²) in [7, 11) is 0. The maximum absolute atomic E-state index is 14.1. The number of halogens is 2. The van der Waals surface area contributed by atoms with Crippen molar-refractivity contribution >= 4 is 22.6 Å². The highest BCUT2D eigenvalue weighted by Crippen LogP contribution is 2.30. The van der Waals surface area contributed by atoms with Crippen molar-refractivity contribution < 1.29 is 4.39 Å². The third-order valence-corrected chi connectivity index (χ3v) is 3.48. The molecule has 0 spiro atoms. The highest BCUT2D eigenvalue weighted by atomic mass is 35.5. The quantitative estimate of drug-likeness (QED) is 0.661. The van der Waals surface area contributed by atoms with Gasteiger partial charge in [0.05, 0.1) is 22.1 Å². The zero-order chi connectivity index (χ0) is 15.0. The van der Waals surface area contributed by atoms with Crippen LogP contribution >= 0.6 is 11.6 Å². The molecule has 0 N–H and O–H groups in total. The number of para-hydroxylation sites is 2. The average Bonchev–Trinajstić information content (AvgIpc) is 2.87. The van der Waals surface area contributed by atoms with Gasteiger partial charge in [-0.1, -0.05) is 18.2 Å². The topological polar surface area (TPSA) is 41.6 Å². The molecule has 3 rings (SSSR count). The van der Waals surface area contributed by atoms with Crippen molar-refractivity contribution in [3.8, 4) is 11.8 Å². The largest absolute Gasteiger partial charge is 0.292 e. The third-order valence-electron chi connectivity index (χ3n) is 3.28. The van der Waals surface area contributed by atoms with Crippen LogP contribution in [0.4, 0.5) is 4.39 Å². The van der Waals surface area contributed by atoms with E-state index < -0.39 is 5.38 Å². The Morgan fingerprint density at radius 1 is 1.24 bits per heavy atom. The molecule has 1 unspecified atom stereocenters. The standard InChI is InChI=1S/C16H11ClFN3/c1-10(17)16-20-15-11(9-19)5-4-8-14(15)21(16)13-7-3-2-6-12(13)18/h2-8,10H,1H3. The van der Waals surface area contributed by atoms with E-state index in [-0.39, 0.29) is 5.82 Å². The molecule has 1 aromatic heterocycles. The molecule has 0 saturated heterocycles. The Hall–Kier alpha value is -2.38. The lowest BCUT2D eigenvalue weighted by Crippen LogP contribution is -2.03. The predicted octanol–water partition coefficient (Wildman–Crippen LogP) is 4.34. The molecule has 21 heavy (non-hydrogen) atoms. The summed E-state index contributed by atoms with van der Waals surface area (Å²) in [6.45, 7) is 1.77. The van der Waals surface area contributed by atoms with Crippen LogP contribution in [0.3, 0.4) is 0 Å². The molecule has 0 aliphatic rings. The Kier molecular flexibility index (Phi) is 3.36. The summed E-state index contributed by atoms with van der Waals surface area (Å²) in [6.07, 6.45) is 0. The first kappa shape index (κ1) is 13.6. The second-order valence-corrected chi connectivity index (χ2v) is 5.31. The number of nitrogens with zero attached hydrogens (tertiary/aromatic N) is 3. The Morgan fingerprint density at radius 2 is 2.00 bits per heavy atom. The molecule has 0 amide bonds. The first-order chi connectivity index (χ1) is 10.1. The van der Waals surface area contributed by atoms with Crippen molar-refractivity contribution in [3.63, 3.8) is 0 Å². The maximum Gasteiger partial charge on any atom is 0.147 e. The van der Waals surface area contributed by atoms with E-state index in [9.17, 15) is 9.65 Å². The minimum absolute atomic E-state index is 0.363. The smallest absolute Gasteiger partial charge is 0.147 e. The van der Waals surface area contributed by atoms with Crippen LogP contribution < -0.4 is 0 Å².